The fourth-order valence-electron chi connectivity index (χ4n) is 2.39. The molecule has 1 aromatic rings. The monoisotopic (exact) mass is 272 g/mol. The minimum atomic E-state index is -0.0941. The van der Waals surface area contributed by atoms with Crippen molar-refractivity contribution < 1.29 is 4.79 Å². The SMILES string of the molecule is CC(C)NC(=O)CNc1nc2c(cc1C#N)CCCC2. The van der Waals surface area contributed by atoms with Crippen LogP contribution < -0.4 is 10.6 Å². The highest BCUT2D eigenvalue weighted by Crippen LogP contribution is 2.24. The van der Waals surface area contributed by atoms with Gasteiger partial charge in [-0.1, -0.05) is 0 Å². The molecular weight excluding hydrogens is 252 g/mol. The Balaban J connectivity index is 2.11. The summed E-state index contributed by atoms with van der Waals surface area (Å²) in [5.41, 5.74) is 2.75. The van der Waals surface area contributed by atoms with Crippen molar-refractivity contribution in [2.75, 3.05) is 11.9 Å². The quantitative estimate of drug-likeness (QED) is 0.875. The van der Waals surface area contributed by atoms with Crippen molar-refractivity contribution in [2.24, 2.45) is 0 Å². The van der Waals surface area contributed by atoms with Gasteiger partial charge in [-0.25, -0.2) is 4.98 Å². The maximum Gasteiger partial charge on any atom is 0.239 e. The molecule has 20 heavy (non-hydrogen) atoms. The Bertz CT molecular complexity index is 546. The number of nitriles is 1. The van der Waals surface area contributed by atoms with Crippen molar-refractivity contribution in [1.82, 2.24) is 10.3 Å². The van der Waals surface area contributed by atoms with Crippen molar-refractivity contribution in [1.29, 1.82) is 5.26 Å². The van der Waals surface area contributed by atoms with Gasteiger partial charge in [-0.05, 0) is 51.2 Å². The van der Waals surface area contributed by atoms with E-state index < -0.39 is 0 Å². The van der Waals surface area contributed by atoms with Gasteiger partial charge in [0.05, 0.1) is 12.1 Å². The van der Waals surface area contributed by atoms with Gasteiger partial charge in [0.2, 0.25) is 5.91 Å². The summed E-state index contributed by atoms with van der Waals surface area (Å²) in [7, 11) is 0. The first kappa shape index (κ1) is 14.3. The summed E-state index contributed by atoms with van der Waals surface area (Å²) >= 11 is 0. The zero-order valence-corrected chi connectivity index (χ0v) is 12.0. The number of nitrogens with zero attached hydrogens (tertiary/aromatic N) is 2. The third-order valence-electron chi connectivity index (χ3n) is 3.29. The van der Waals surface area contributed by atoms with E-state index in [1.165, 1.54) is 5.56 Å². The maximum absolute atomic E-state index is 11.6. The molecule has 0 aliphatic heterocycles. The first-order valence-electron chi connectivity index (χ1n) is 7.06. The van der Waals surface area contributed by atoms with E-state index in [2.05, 4.69) is 21.7 Å². The molecule has 2 rings (SSSR count). The summed E-state index contributed by atoms with van der Waals surface area (Å²) in [6, 6.07) is 4.17. The van der Waals surface area contributed by atoms with Crippen LogP contribution in [0.5, 0.6) is 0 Å². The molecule has 1 amide bonds. The van der Waals surface area contributed by atoms with Crippen molar-refractivity contribution >= 4 is 11.7 Å². The van der Waals surface area contributed by atoms with Crippen molar-refractivity contribution in [2.45, 2.75) is 45.6 Å². The molecule has 1 heterocycles. The molecule has 0 spiro atoms. The van der Waals surface area contributed by atoms with Crippen molar-refractivity contribution in [3.8, 4) is 6.07 Å². The van der Waals surface area contributed by atoms with Gasteiger partial charge < -0.3 is 10.6 Å². The Hall–Kier alpha value is -2.09. The van der Waals surface area contributed by atoms with Gasteiger partial charge >= 0.3 is 0 Å². The molecule has 0 atom stereocenters. The largest absolute Gasteiger partial charge is 0.360 e. The molecule has 2 N–H and O–H groups in total. The Labute approximate surface area is 119 Å². The Morgan fingerprint density at radius 1 is 1.45 bits per heavy atom. The lowest BCUT2D eigenvalue weighted by Gasteiger charge is -2.17. The lowest BCUT2D eigenvalue weighted by molar-refractivity contribution is -0.119. The number of nitrogens with one attached hydrogen (secondary N) is 2. The maximum atomic E-state index is 11.6. The average molecular weight is 272 g/mol. The van der Waals surface area contributed by atoms with Crippen LogP contribution in [0.2, 0.25) is 0 Å². The molecule has 5 heteroatoms. The van der Waals surface area contributed by atoms with Crippen LogP contribution in [0.3, 0.4) is 0 Å². The zero-order valence-electron chi connectivity index (χ0n) is 12.0. The summed E-state index contributed by atoms with van der Waals surface area (Å²) in [5, 5.41) is 15.0. The highest BCUT2D eigenvalue weighted by atomic mass is 16.1. The second kappa shape index (κ2) is 6.38. The minimum absolute atomic E-state index is 0.0941. The predicted molar refractivity (Wildman–Crippen MR) is 77.4 cm³/mol. The second-order valence-electron chi connectivity index (χ2n) is 5.39. The van der Waals surface area contributed by atoms with Gasteiger partial charge in [0.25, 0.3) is 0 Å². The third kappa shape index (κ3) is 3.47. The lowest BCUT2D eigenvalue weighted by atomic mass is 9.95. The second-order valence-corrected chi connectivity index (χ2v) is 5.39. The van der Waals surface area contributed by atoms with Gasteiger partial charge in [-0.2, -0.15) is 5.26 Å². The normalized spacial score (nSPS) is 13.5. The van der Waals surface area contributed by atoms with E-state index in [1.54, 1.807) is 0 Å². The van der Waals surface area contributed by atoms with Crippen LogP contribution in [0.15, 0.2) is 6.07 Å². The number of rotatable bonds is 4. The molecular formula is C15H20N4O. The Kier molecular flexibility index (Phi) is 4.57. The van der Waals surface area contributed by atoms with E-state index >= 15 is 0 Å². The molecule has 5 nitrogen and oxygen atoms in total. The first-order chi connectivity index (χ1) is 9.60. The van der Waals surface area contributed by atoms with Crippen LogP contribution in [0.1, 0.15) is 43.5 Å². The first-order valence-corrected chi connectivity index (χ1v) is 7.06. The van der Waals surface area contributed by atoms with E-state index in [0.29, 0.717) is 11.4 Å². The molecule has 0 unspecified atom stereocenters. The molecule has 1 aliphatic rings. The van der Waals surface area contributed by atoms with Crippen LogP contribution in [-0.2, 0) is 17.6 Å². The van der Waals surface area contributed by atoms with Gasteiger partial charge in [0.15, 0.2) is 0 Å². The van der Waals surface area contributed by atoms with E-state index in [4.69, 9.17) is 0 Å². The number of pyridine rings is 1. The third-order valence-corrected chi connectivity index (χ3v) is 3.29. The number of carbonyl (C=O) groups is 1. The molecule has 1 aliphatic carbocycles. The zero-order chi connectivity index (χ0) is 14.5. The molecule has 0 aromatic carbocycles. The minimum Gasteiger partial charge on any atom is -0.360 e. The average Bonchev–Trinajstić information content (AvgIpc) is 2.43. The number of carbonyl (C=O) groups excluding carboxylic acids is 1. The van der Waals surface area contributed by atoms with Crippen LogP contribution >= 0.6 is 0 Å². The summed E-state index contributed by atoms with van der Waals surface area (Å²) < 4.78 is 0. The highest BCUT2D eigenvalue weighted by molar-refractivity contribution is 5.81. The standard InChI is InChI=1S/C15H20N4O/c1-10(2)18-14(20)9-17-15-12(8-16)7-11-5-3-4-6-13(11)19-15/h7,10H,3-6,9H2,1-2H3,(H,17,19)(H,18,20). The van der Waals surface area contributed by atoms with Crippen molar-refractivity contribution in [3.05, 3.63) is 22.9 Å². The number of aromatic nitrogens is 1. The molecule has 0 saturated heterocycles. The smallest absolute Gasteiger partial charge is 0.239 e. The van der Waals surface area contributed by atoms with E-state index in [-0.39, 0.29) is 18.5 Å². The molecule has 0 saturated carbocycles. The summed E-state index contributed by atoms with van der Waals surface area (Å²) in [5.74, 6) is 0.426. The molecule has 106 valence electrons. The number of fused-ring (bicyclic) bond motifs is 1. The summed E-state index contributed by atoms with van der Waals surface area (Å²) in [6.45, 7) is 3.96. The number of hydrogen-bond donors (Lipinski definition) is 2. The van der Waals surface area contributed by atoms with Gasteiger partial charge in [0, 0.05) is 11.7 Å². The molecule has 0 radical (unpaired) electrons. The van der Waals surface area contributed by atoms with Crippen molar-refractivity contribution in [3.63, 3.8) is 0 Å². The van der Waals surface area contributed by atoms with Crippen LogP contribution in [0.4, 0.5) is 5.82 Å². The fourth-order valence-corrected chi connectivity index (χ4v) is 2.39. The van der Waals surface area contributed by atoms with Crippen LogP contribution in [0.25, 0.3) is 0 Å². The topological polar surface area (TPSA) is 77.8 Å². The lowest BCUT2D eigenvalue weighted by Crippen LogP contribution is -2.35. The highest BCUT2D eigenvalue weighted by Gasteiger charge is 2.15. The number of aryl methyl sites for hydroxylation is 2. The number of hydrogen-bond acceptors (Lipinski definition) is 4. The van der Waals surface area contributed by atoms with Gasteiger partial charge in [0.1, 0.15) is 11.9 Å². The van der Waals surface area contributed by atoms with E-state index in [1.807, 2.05) is 19.9 Å². The fraction of sp³-hybridized carbons (Fsp3) is 0.533. The van der Waals surface area contributed by atoms with Gasteiger partial charge in [-0.15, -0.1) is 0 Å². The summed E-state index contributed by atoms with van der Waals surface area (Å²) in [6.07, 6.45) is 4.24. The Morgan fingerprint density at radius 2 is 2.20 bits per heavy atom. The Morgan fingerprint density at radius 3 is 2.90 bits per heavy atom. The van der Waals surface area contributed by atoms with E-state index in [0.717, 1.165) is 31.4 Å². The summed E-state index contributed by atoms with van der Waals surface area (Å²) in [4.78, 5) is 16.2. The number of amides is 1. The van der Waals surface area contributed by atoms with E-state index in [9.17, 15) is 10.1 Å². The molecule has 0 fully saturated rings. The van der Waals surface area contributed by atoms with Gasteiger partial charge in [-0.3, -0.25) is 4.79 Å². The van der Waals surface area contributed by atoms with Crippen LogP contribution in [0, 0.1) is 11.3 Å². The molecule has 1 aromatic heterocycles. The molecule has 0 bridgehead atoms. The predicted octanol–water partition coefficient (Wildman–Crippen LogP) is 1.77. The number of anilines is 1. The van der Waals surface area contributed by atoms with Crippen LogP contribution in [-0.4, -0.2) is 23.5 Å².